The maximum Gasteiger partial charge on any atom is 0.307 e. The summed E-state index contributed by atoms with van der Waals surface area (Å²) in [6.07, 6.45) is 1.68. The summed E-state index contributed by atoms with van der Waals surface area (Å²) < 4.78 is 5.84. The Morgan fingerprint density at radius 3 is 2.91 bits per heavy atom. The van der Waals surface area contributed by atoms with Gasteiger partial charge in [-0.1, -0.05) is 18.2 Å². The van der Waals surface area contributed by atoms with Gasteiger partial charge < -0.3 is 9.52 Å². The molecule has 1 aliphatic rings. The van der Waals surface area contributed by atoms with E-state index in [-0.39, 0.29) is 5.92 Å². The molecule has 5 nitrogen and oxygen atoms in total. The van der Waals surface area contributed by atoms with Crippen molar-refractivity contribution in [3.05, 3.63) is 41.3 Å². The zero-order chi connectivity index (χ0) is 16.4. The number of rotatable bonds is 4. The maximum atomic E-state index is 11.2. The van der Waals surface area contributed by atoms with E-state index >= 15 is 0 Å². The van der Waals surface area contributed by atoms with Crippen LogP contribution in [0.3, 0.4) is 0 Å². The summed E-state index contributed by atoms with van der Waals surface area (Å²) in [4.78, 5) is 18.0. The minimum absolute atomic E-state index is 0.271. The van der Waals surface area contributed by atoms with Gasteiger partial charge in [0.05, 0.1) is 11.6 Å². The van der Waals surface area contributed by atoms with E-state index in [1.54, 1.807) is 0 Å². The number of carbonyl (C=O) groups is 1. The number of aliphatic carboxylic acids is 1. The first-order valence-electron chi connectivity index (χ1n) is 8.02. The van der Waals surface area contributed by atoms with Gasteiger partial charge in [0.1, 0.15) is 5.76 Å². The van der Waals surface area contributed by atoms with E-state index in [0.29, 0.717) is 19.0 Å². The summed E-state index contributed by atoms with van der Waals surface area (Å²) in [5, 5.41) is 9.20. The van der Waals surface area contributed by atoms with E-state index in [1.165, 1.54) is 0 Å². The number of carboxylic acid groups (broad SMARTS) is 1. The van der Waals surface area contributed by atoms with Crippen LogP contribution in [0.1, 0.15) is 29.9 Å². The van der Waals surface area contributed by atoms with Crippen molar-refractivity contribution in [3.8, 4) is 11.5 Å². The third kappa shape index (κ3) is 3.45. The van der Waals surface area contributed by atoms with Gasteiger partial charge in [-0.3, -0.25) is 9.69 Å². The van der Waals surface area contributed by atoms with Crippen LogP contribution in [-0.4, -0.2) is 34.0 Å². The molecule has 1 N–H and O–H groups in total. The molecule has 1 fully saturated rings. The summed E-state index contributed by atoms with van der Waals surface area (Å²) >= 11 is 0. The fourth-order valence-corrected chi connectivity index (χ4v) is 3.12. The molecule has 0 bridgehead atoms. The highest BCUT2D eigenvalue weighted by molar-refractivity contribution is 5.70. The second kappa shape index (κ2) is 6.54. The van der Waals surface area contributed by atoms with E-state index in [2.05, 4.69) is 9.88 Å². The number of piperidine rings is 1. The number of likely N-dealkylation sites (tertiary alicyclic amines) is 1. The Balaban J connectivity index is 1.77. The lowest BCUT2D eigenvalue weighted by Gasteiger charge is -2.29. The fraction of sp³-hybridized carbons (Fsp3) is 0.444. The molecule has 1 atom stereocenters. The van der Waals surface area contributed by atoms with Gasteiger partial charge in [-0.2, -0.15) is 0 Å². The third-order valence-electron chi connectivity index (χ3n) is 4.50. The van der Waals surface area contributed by atoms with Crippen LogP contribution in [0.4, 0.5) is 0 Å². The smallest absolute Gasteiger partial charge is 0.307 e. The van der Waals surface area contributed by atoms with Crippen molar-refractivity contribution in [3.63, 3.8) is 0 Å². The molecule has 0 aliphatic carbocycles. The monoisotopic (exact) mass is 314 g/mol. The minimum Gasteiger partial charge on any atom is -0.481 e. The predicted octanol–water partition coefficient (Wildman–Crippen LogP) is 3.26. The Labute approximate surface area is 135 Å². The van der Waals surface area contributed by atoms with Crippen LogP contribution in [0.15, 0.2) is 28.7 Å². The summed E-state index contributed by atoms with van der Waals surface area (Å²) in [6, 6.07) is 8.02. The summed E-state index contributed by atoms with van der Waals surface area (Å²) in [5.74, 6) is 0.474. The lowest BCUT2D eigenvalue weighted by atomic mass is 9.98. The van der Waals surface area contributed by atoms with E-state index in [0.717, 1.165) is 42.0 Å². The number of aryl methyl sites for hydroxylation is 2. The molecule has 122 valence electrons. The van der Waals surface area contributed by atoms with Gasteiger partial charge in [0, 0.05) is 18.7 Å². The number of carboxylic acids is 1. The molecule has 5 heteroatoms. The van der Waals surface area contributed by atoms with Gasteiger partial charge in [0.25, 0.3) is 0 Å². The minimum atomic E-state index is -0.702. The van der Waals surface area contributed by atoms with E-state index in [1.807, 2.05) is 38.1 Å². The first-order chi connectivity index (χ1) is 11.0. The second-order valence-electron chi connectivity index (χ2n) is 6.25. The first-order valence-corrected chi connectivity index (χ1v) is 8.02. The van der Waals surface area contributed by atoms with Crippen LogP contribution in [-0.2, 0) is 11.3 Å². The highest BCUT2D eigenvalue weighted by atomic mass is 16.4. The average molecular weight is 314 g/mol. The SMILES string of the molecule is Cc1ccccc1-c1nc(CN2CCC[C@H](C(=O)O)C2)c(C)o1. The van der Waals surface area contributed by atoms with Crippen LogP contribution < -0.4 is 0 Å². The van der Waals surface area contributed by atoms with Crippen LogP contribution in [0.25, 0.3) is 11.5 Å². The Hall–Kier alpha value is -2.14. The molecular weight excluding hydrogens is 292 g/mol. The Kier molecular flexibility index (Phi) is 4.48. The second-order valence-corrected chi connectivity index (χ2v) is 6.25. The largest absolute Gasteiger partial charge is 0.481 e. The molecule has 0 spiro atoms. The van der Waals surface area contributed by atoms with Gasteiger partial charge in [-0.15, -0.1) is 0 Å². The predicted molar refractivity (Wildman–Crippen MR) is 87.0 cm³/mol. The van der Waals surface area contributed by atoms with Crippen LogP contribution in [0.2, 0.25) is 0 Å². The van der Waals surface area contributed by atoms with Crippen molar-refractivity contribution in [1.82, 2.24) is 9.88 Å². The zero-order valence-corrected chi connectivity index (χ0v) is 13.6. The first kappa shape index (κ1) is 15.7. The van der Waals surface area contributed by atoms with Crippen LogP contribution >= 0.6 is 0 Å². The lowest BCUT2D eigenvalue weighted by molar-refractivity contribution is -0.143. The van der Waals surface area contributed by atoms with Crippen molar-refractivity contribution < 1.29 is 14.3 Å². The number of hydrogen-bond acceptors (Lipinski definition) is 4. The topological polar surface area (TPSA) is 66.6 Å². The maximum absolute atomic E-state index is 11.2. The molecule has 1 saturated heterocycles. The molecule has 0 amide bonds. The quantitative estimate of drug-likeness (QED) is 0.938. The molecule has 1 aromatic carbocycles. The molecule has 3 rings (SSSR count). The number of oxazole rings is 1. The summed E-state index contributed by atoms with van der Waals surface area (Å²) in [6.45, 7) is 6.10. The van der Waals surface area contributed by atoms with E-state index < -0.39 is 5.97 Å². The van der Waals surface area contributed by atoms with Crippen molar-refractivity contribution in [1.29, 1.82) is 0 Å². The lowest BCUT2D eigenvalue weighted by Crippen LogP contribution is -2.38. The molecule has 0 radical (unpaired) electrons. The van der Waals surface area contributed by atoms with Crippen molar-refractivity contribution in [2.75, 3.05) is 13.1 Å². The fourth-order valence-electron chi connectivity index (χ4n) is 3.12. The molecule has 1 aromatic heterocycles. The van der Waals surface area contributed by atoms with Gasteiger partial charge in [-0.25, -0.2) is 4.98 Å². The average Bonchev–Trinajstić information content (AvgIpc) is 2.89. The standard InChI is InChI=1S/C18H22N2O3/c1-12-6-3-4-8-15(12)17-19-16(13(2)23-17)11-20-9-5-7-14(10-20)18(21)22/h3-4,6,8,14H,5,7,9-11H2,1-2H3,(H,21,22)/t14-/m0/s1. The highest BCUT2D eigenvalue weighted by Crippen LogP contribution is 2.26. The molecule has 0 unspecified atom stereocenters. The summed E-state index contributed by atoms with van der Waals surface area (Å²) in [5.41, 5.74) is 3.03. The van der Waals surface area contributed by atoms with E-state index in [9.17, 15) is 9.90 Å². The molecule has 0 saturated carbocycles. The van der Waals surface area contributed by atoms with Gasteiger partial charge in [0.15, 0.2) is 0 Å². The highest BCUT2D eigenvalue weighted by Gasteiger charge is 2.26. The van der Waals surface area contributed by atoms with Crippen LogP contribution in [0.5, 0.6) is 0 Å². The van der Waals surface area contributed by atoms with Crippen molar-refractivity contribution >= 4 is 5.97 Å². The number of benzene rings is 1. The van der Waals surface area contributed by atoms with Crippen molar-refractivity contribution in [2.24, 2.45) is 5.92 Å². The molecule has 2 aromatic rings. The molecular formula is C18H22N2O3. The third-order valence-corrected chi connectivity index (χ3v) is 4.50. The van der Waals surface area contributed by atoms with Gasteiger partial charge in [-0.05, 0) is 44.9 Å². The Bertz CT molecular complexity index is 708. The Morgan fingerprint density at radius 1 is 1.39 bits per heavy atom. The Morgan fingerprint density at radius 2 is 2.17 bits per heavy atom. The van der Waals surface area contributed by atoms with Crippen molar-refractivity contribution in [2.45, 2.75) is 33.2 Å². The molecule has 2 heterocycles. The van der Waals surface area contributed by atoms with E-state index in [4.69, 9.17) is 4.42 Å². The number of hydrogen-bond donors (Lipinski definition) is 1. The summed E-state index contributed by atoms with van der Waals surface area (Å²) in [7, 11) is 0. The number of nitrogens with zero attached hydrogens (tertiary/aromatic N) is 2. The molecule has 23 heavy (non-hydrogen) atoms. The number of aromatic nitrogens is 1. The molecule has 1 aliphatic heterocycles. The van der Waals surface area contributed by atoms with Gasteiger partial charge >= 0.3 is 5.97 Å². The normalized spacial score (nSPS) is 19.0. The van der Waals surface area contributed by atoms with Crippen LogP contribution in [0, 0.1) is 19.8 Å². The zero-order valence-electron chi connectivity index (χ0n) is 13.6. The van der Waals surface area contributed by atoms with Gasteiger partial charge in [0.2, 0.25) is 5.89 Å².